The van der Waals surface area contributed by atoms with Gasteiger partial charge in [0.25, 0.3) is 0 Å². The number of ether oxygens (including phenoxy) is 2. The standard InChI is InChI=1S/C12H23N3O2/c1-4-17-9-6-13-12-14-11(2)10-15(12)7-5-8-16-3/h10H,4-9H2,1-3H3,(H,13,14). The fourth-order valence-electron chi connectivity index (χ4n) is 1.62. The van der Waals surface area contributed by atoms with Crippen LogP contribution in [0.15, 0.2) is 6.20 Å². The van der Waals surface area contributed by atoms with Crippen LogP contribution in [0.4, 0.5) is 5.95 Å². The highest BCUT2D eigenvalue weighted by atomic mass is 16.5. The molecule has 0 atom stereocenters. The number of rotatable bonds is 9. The molecule has 0 aromatic carbocycles. The Morgan fingerprint density at radius 3 is 2.94 bits per heavy atom. The zero-order valence-corrected chi connectivity index (χ0v) is 11.0. The van der Waals surface area contributed by atoms with Gasteiger partial charge in [-0.25, -0.2) is 4.98 Å². The van der Waals surface area contributed by atoms with E-state index in [2.05, 4.69) is 21.1 Å². The van der Waals surface area contributed by atoms with Crippen molar-refractivity contribution in [3.8, 4) is 0 Å². The molecule has 0 radical (unpaired) electrons. The summed E-state index contributed by atoms with van der Waals surface area (Å²) in [6.07, 6.45) is 3.05. The Hall–Kier alpha value is -1.07. The largest absolute Gasteiger partial charge is 0.385 e. The molecule has 0 saturated heterocycles. The maximum atomic E-state index is 5.28. The minimum atomic E-state index is 0.709. The first-order valence-electron chi connectivity index (χ1n) is 6.12. The summed E-state index contributed by atoms with van der Waals surface area (Å²) in [7, 11) is 1.72. The molecule has 0 aliphatic rings. The second kappa shape index (κ2) is 8.08. The van der Waals surface area contributed by atoms with Crippen LogP contribution in [0, 0.1) is 6.92 Å². The number of imidazole rings is 1. The van der Waals surface area contributed by atoms with Crippen LogP contribution in [-0.4, -0.2) is 43.0 Å². The van der Waals surface area contributed by atoms with Gasteiger partial charge in [-0.3, -0.25) is 0 Å². The van der Waals surface area contributed by atoms with Crippen molar-refractivity contribution < 1.29 is 9.47 Å². The van der Waals surface area contributed by atoms with Crippen LogP contribution in [-0.2, 0) is 16.0 Å². The molecule has 1 aromatic rings. The maximum Gasteiger partial charge on any atom is 0.203 e. The van der Waals surface area contributed by atoms with Crippen molar-refractivity contribution in [2.45, 2.75) is 26.8 Å². The minimum Gasteiger partial charge on any atom is -0.385 e. The molecule has 1 N–H and O–H groups in total. The Bertz CT molecular complexity index is 313. The SMILES string of the molecule is CCOCCNc1nc(C)cn1CCCOC. The molecule has 0 spiro atoms. The van der Waals surface area contributed by atoms with Gasteiger partial charge in [0.1, 0.15) is 0 Å². The lowest BCUT2D eigenvalue weighted by atomic mass is 10.4. The summed E-state index contributed by atoms with van der Waals surface area (Å²) in [5.74, 6) is 0.915. The summed E-state index contributed by atoms with van der Waals surface area (Å²) in [6, 6.07) is 0. The number of anilines is 1. The molecule has 0 saturated carbocycles. The second-order valence-corrected chi connectivity index (χ2v) is 3.87. The smallest absolute Gasteiger partial charge is 0.203 e. The third-order valence-corrected chi connectivity index (χ3v) is 2.38. The maximum absolute atomic E-state index is 5.28. The fourth-order valence-corrected chi connectivity index (χ4v) is 1.62. The van der Waals surface area contributed by atoms with E-state index in [1.807, 2.05) is 13.8 Å². The number of methoxy groups -OCH3 is 1. The highest BCUT2D eigenvalue weighted by Crippen LogP contribution is 2.08. The summed E-state index contributed by atoms with van der Waals surface area (Å²) >= 11 is 0. The average molecular weight is 241 g/mol. The second-order valence-electron chi connectivity index (χ2n) is 3.87. The Kier molecular flexibility index (Phi) is 6.65. The molecule has 0 amide bonds. The first-order valence-corrected chi connectivity index (χ1v) is 6.12. The van der Waals surface area contributed by atoms with E-state index < -0.39 is 0 Å². The van der Waals surface area contributed by atoms with Gasteiger partial charge in [0.2, 0.25) is 5.95 Å². The van der Waals surface area contributed by atoms with Crippen molar-refractivity contribution in [1.29, 1.82) is 0 Å². The molecule has 1 aromatic heterocycles. The monoisotopic (exact) mass is 241 g/mol. The van der Waals surface area contributed by atoms with E-state index in [4.69, 9.17) is 9.47 Å². The van der Waals surface area contributed by atoms with Gasteiger partial charge in [-0.2, -0.15) is 0 Å². The quantitative estimate of drug-likeness (QED) is 0.668. The summed E-state index contributed by atoms with van der Waals surface area (Å²) in [6.45, 7) is 7.94. The Morgan fingerprint density at radius 1 is 1.41 bits per heavy atom. The van der Waals surface area contributed by atoms with Crippen LogP contribution < -0.4 is 5.32 Å². The predicted molar refractivity (Wildman–Crippen MR) is 68.4 cm³/mol. The third kappa shape index (κ3) is 5.19. The number of aryl methyl sites for hydroxylation is 2. The molecular weight excluding hydrogens is 218 g/mol. The number of nitrogens with zero attached hydrogens (tertiary/aromatic N) is 2. The number of hydrogen-bond acceptors (Lipinski definition) is 4. The van der Waals surface area contributed by atoms with Crippen LogP contribution in [0.2, 0.25) is 0 Å². The molecule has 5 nitrogen and oxygen atoms in total. The van der Waals surface area contributed by atoms with E-state index in [-0.39, 0.29) is 0 Å². The van der Waals surface area contributed by atoms with E-state index in [1.165, 1.54) is 0 Å². The van der Waals surface area contributed by atoms with Crippen LogP contribution in [0.25, 0.3) is 0 Å². The van der Waals surface area contributed by atoms with Crippen molar-refractivity contribution in [3.05, 3.63) is 11.9 Å². The number of hydrogen-bond donors (Lipinski definition) is 1. The van der Waals surface area contributed by atoms with Gasteiger partial charge < -0.3 is 19.4 Å². The highest BCUT2D eigenvalue weighted by Gasteiger charge is 2.04. The Morgan fingerprint density at radius 2 is 2.24 bits per heavy atom. The molecular formula is C12H23N3O2. The summed E-state index contributed by atoms with van der Waals surface area (Å²) < 4.78 is 12.5. The van der Waals surface area contributed by atoms with Gasteiger partial charge >= 0.3 is 0 Å². The average Bonchev–Trinajstić information content (AvgIpc) is 2.66. The molecule has 0 aliphatic carbocycles. The summed E-state index contributed by atoms with van der Waals surface area (Å²) in [5, 5.41) is 3.28. The lowest BCUT2D eigenvalue weighted by Gasteiger charge is -2.09. The van der Waals surface area contributed by atoms with Crippen molar-refractivity contribution >= 4 is 5.95 Å². The molecule has 1 heterocycles. The fraction of sp³-hybridized carbons (Fsp3) is 0.750. The molecule has 17 heavy (non-hydrogen) atoms. The zero-order valence-electron chi connectivity index (χ0n) is 11.0. The molecule has 1 rings (SSSR count). The first-order chi connectivity index (χ1) is 8.27. The van der Waals surface area contributed by atoms with Crippen LogP contribution in [0.5, 0.6) is 0 Å². The topological polar surface area (TPSA) is 48.3 Å². The summed E-state index contributed by atoms with van der Waals surface area (Å²) in [5.41, 5.74) is 1.03. The van der Waals surface area contributed by atoms with Gasteiger partial charge in [0.05, 0.1) is 12.3 Å². The number of nitrogens with one attached hydrogen (secondary N) is 1. The van der Waals surface area contributed by atoms with E-state index >= 15 is 0 Å². The van der Waals surface area contributed by atoms with Crippen molar-refractivity contribution in [1.82, 2.24) is 9.55 Å². The molecule has 5 heteroatoms. The van der Waals surface area contributed by atoms with Crippen LogP contribution in [0.3, 0.4) is 0 Å². The van der Waals surface area contributed by atoms with Crippen molar-refractivity contribution in [2.24, 2.45) is 0 Å². The normalized spacial score (nSPS) is 10.8. The third-order valence-electron chi connectivity index (χ3n) is 2.38. The molecule has 0 unspecified atom stereocenters. The van der Waals surface area contributed by atoms with Gasteiger partial charge in [0, 0.05) is 39.6 Å². The highest BCUT2D eigenvalue weighted by molar-refractivity contribution is 5.28. The van der Waals surface area contributed by atoms with Gasteiger partial charge in [-0.15, -0.1) is 0 Å². The van der Waals surface area contributed by atoms with E-state index in [0.29, 0.717) is 6.61 Å². The minimum absolute atomic E-state index is 0.709. The van der Waals surface area contributed by atoms with Crippen LogP contribution >= 0.6 is 0 Å². The van der Waals surface area contributed by atoms with Crippen molar-refractivity contribution in [3.63, 3.8) is 0 Å². The van der Waals surface area contributed by atoms with Gasteiger partial charge in [-0.05, 0) is 20.3 Å². The van der Waals surface area contributed by atoms with Crippen LogP contribution in [0.1, 0.15) is 19.0 Å². The molecule has 0 aliphatic heterocycles. The Balaban J connectivity index is 2.40. The zero-order chi connectivity index (χ0) is 12.5. The summed E-state index contributed by atoms with van der Waals surface area (Å²) in [4.78, 5) is 4.44. The number of aromatic nitrogens is 2. The molecule has 98 valence electrons. The first kappa shape index (κ1) is 14.0. The lowest BCUT2D eigenvalue weighted by Crippen LogP contribution is -2.13. The van der Waals surface area contributed by atoms with E-state index in [9.17, 15) is 0 Å². The molecule has 0 fully saturated rings. The predicted octanol–water partition coefficient (Wildman–Crippen LogP) is 1.68. The van der Waals surface area contributed by atoms with E-state index in [0.717, 1.165) is 44.4 Å². The van der Waals surface area contributed by atoms with Gasteiger partial charge in [0.15, 0.2) is 0 Å². The van der Waals surface area contributed by atoms with E-state index in [1.54, 1.807) is 7.11 Å². The lowest BCUT2D eigenvalue weighted by molar-refractivity contribution is 0.158. The van der Waals surface area contributed by atoms with Crippen molar-refractivity contribution in [2.75, 3.05) is 38.8 Å². The Labute approximate surface area is 103 Å². The molecule has 0 bridgehead atoms. The van der Waals surface area contributed by atoms with Gasteiger partial charge in [-0.1, -0.05) is 0 Å².